The molecule has 0 aromatic heterocycles. The summed E-state index contributed by atoms with van der Waals surface area (Å²) in [6.07, 6.45) is 0.222. The van der Waals surface area contributed by atoms with E-state index in [-0.39, 0.29) is 48.6 Å². The first-order valence-corrected chi connectivity index (χ1v) is 14.1. The third-order valence-electron chi connectivity index (χ3n) is 7.69. The number of rotatable bonds is 13. The molecule has 0 unspecified atom stereocenters. The van der Waals surface area contributed by atoms with Gasteiger partial charge in [-0.15, -0.1) is 0 Å². The Hall–Kier alpha value is -4.77. The van der Waals surface area contributed by atoms with Crippen molar-refractivity contribution in [2.24, 2.45) is 11.7 Å². The van der Waals surface area contributed by atoms with Crippen LogP contribution in [0.2, 0.25) is 0 Å². The van der Waals surface area contributed by atoms with Gasteiger partial charge in [0.05, 0.1) is 17.2 Å². The van der Waals surface area contributed by atoms with Crippen LogP contribution >= 0.6 is 0 Å². The van der Waals surface area contributed by atoms with Gasteiger partial charge in [-0.1, -0.05) is 50.2 Å². The topological polar surface area (TPSA) is 170 Å². The van der Waals surface area contributed by atoms with Gasteiger partial charge >= 0.3 is 5.97 Å². The fourth-order valence-electron chi connectivity index (χ4n) is 5.35. The Morgan fingerprint density at radius 2 is 1.49 bits per heavy atom. The lowest BCUT2D eigenvalue weighted by atomic mass is 9.98. The number of hydrogen-bond donors (Lipinski definition) is 4. The van der Waals surface area contributed by atoms with Crippen LogP contribution in [0.3, 0.4) is 0 Å². The number of primary amides is 1. The van der Waals surface area contributed by atoms with Gasteiger partial charge in [0, 0.05) is 20.0 Å². The maximum absolute atomic E-state index is 13.7. The van der Waals surface area contributed by atoms with Crippen molar-refractivity contribution in [2.75, 3.05) is 13.6 Å². The number of fused-ring (bicyclic) bond motifs is 2. The summed E-state index contributed by atoms with van der Waals surface area (Å²) in [4.78, 5) is 66.8. The smallest absolute Gasteiger partial charge is 0.320 e. The van der Waals surface area contributed by atoms with Gasteiger partial charge in [-0.05, 0) is 59.4 Å². The van der Waals surface area contributed by atoms with Crippen molar-refractivity contribution in [2.45, 2.75) is 51.2 Å². The number of carboxylic acids is 1. The SMILES string of the molecule is CC(C)C[C@H](N[C@H](CCN1C(=O)c2cc3ccccc3cc2C1=O)C(=O)O)C(=O)N(C)[C@@H](Cc1ccc(O)cc1)C(N)=O. The molecule has 11 nitrogen and oxygen atoms in total. The highest BCUT2D eigenvalue weighted by Crippen LogP contribution is 2.28. The number of phenolic OH excluding ortho intramolecular Hbond substituents is 1. The third-order valence-corrected chi connectivity index (χ3v) is 7.69. The first kappa shape index (κ1) is 31.2. The van der Waals surface area contributed by atoms with Gasteiger partial charge < -0.3 is 20.8 Å². The van der Waals surface area contributed by atoms with Crippen LogP contribution in [0.25, 0.3) is 10.8 Å². The Labute approximate surface area is 249 Å². The summed E-state index contributed by atoms with van der Waals surface area (Å²) >= 11 is 0. The van der Waals surface area contributed by atoms with Crippen LogP contribution < -0.4 is 11.1 Å². The molecule has 0 spiro atoms. The van der Waals surface area contributed by atoms with E-state index < -0.39 is 47.7 Å². The Kier molecular flexibility index (Phi) is 9.45. The summed E-state index contributed by atoms with van der Waals surface area (Å²) in [5, 5.41) is 24.1. The Morgan fingerprint density at radius 3 is 1.98 bits per heavy atom. The Bertz CT molecular complexity index is 1500. The van der Waals surface area contributed by atoms with E-state index in [0.29, 0.717) is 5.56 Å². The number of aliphatic carboxylic acids is 1. The van der Waals surface area contributed by atoms with E-state index in [2.05, 4.69) is 5.32 Å². The van der Waals surface area contributed by atoms with Gasteiger partial charge in [-0.3, -0.25) is 34.2 Å². The molecule has 3 aromatic carbocycles. The third kappa shape index (κ3) is 7.00. The molecule has 0 bridgehead atoms. The molecule has 11 heteroatoms. The van der Waals surface area contributed by atoms with Gasteiger partial charge in [0.15, 0.2) is 0 Å². The highest BCUT2D eigenvalue weighted by atomic mass is 16.4. The number of carbonyl (C=O) groups excluding carboxylic acids is 4. The molecule has 0 saturated carbocycles. The fraction of sp³-hybridized carbons (Fsp3) is 0.344. The van der Waals surface area contributed by atoms with Gasteiger partial charge in [0.25, 0.3) is 11.8 Å². The van der Waals surface area contributed by atoms with E-state index >= 15 is 0 Å². The zero-order chi connectivity index (χ0) is 31.4. The van der Waals surface area contributed by atoms with E-state index in [0.717, 1.165) is 15.7 Å². The Morgan fingerprint density at radius 1 is 0.930 bits per heavy atom. The largest absolute Gasteiger partial charge is 0.508 e. The molecule has 0 aliphatic carbocycles. The van der Waals surface area contributed by atoms with E-state index in [9.17, 15) is 34.2 Å². The number of hydrogen-bond acceptors (Lipinski definition) is 7. The molecule has 5 N–H and O–H groups in total. The van der Waals surface area contributed by atoms with Crippen LogP contribution in [-0.2, 0) is 20.8 Å². The molecule has 1 aliphatic rings. The van der Waals surface area contributed by atoms with Gasteiger partial charge in [-0.25, -0.2) is 0 Å². The lowest BCUT2D eigenvalue weighted by Crippen LogP contribution is -2.56. The maximum atomic E-state index is 13.7. The van der Waals surface area contributed by atoms with Crippen molar-refractivity contribution >= 4 is 40.4 Å². The lowest BCUT2D eigenvalue weighted by molar-refractivity contribution is -0.143. The summed E-state index contributed by atoms with van der Waals surface area (Å²) < 4.78 is 0. The summed E-state index contributed by atoms with van der Waals surface area (Å²) in [7, 11) is 1.44. The van der Waals surface area contributed by atoms with E-state index in [4.69, 9.17) is 5.73 Å². The molecule has 43 heavy (non-hydrogen) atoms. The number of phenols is 1. The number of aromatic hydroxyl groups is 1. The maximum Gasteiger partial charge on any atom is 0.320 e. The van der Waals surface area contributed by atoms with Crippen LogP contribution in [0.1, 0.15) is 53.0 Å². The van der Waals surface area contributed by atoms with Crippen LogP contribution in [-0.4, -0.2) is 81.3 Å². The van der Waals surface area contributed by atoms with E-state index in [1.807, 2.05) is 38.1 Å². The number of nitrogens with two attached hydrogens (primary N) is 1. The fourth-order valence-corrected chi connectivity index (χ4v) is 5.35. The second kappa shape index (κ2) is 13.0. The minimum absolute atomic E-state index is 0.0150. The van der Waals surface area contributed by atoms with Crippen LogP contribution in [0, 0.1) is 5.92 Å². The van der Waals surface area contributed by atoms with Crippen LogP contribution in [0.5, 0.6) is 5.75 Å². The predicted molar refractivity (Wildman–Crippen MR) is 159 cm³/mol. The minimum Gasteiger partial charge on any atom is -0.508 e. The first-order chi connectivity index (χ1) is 20.4. The van der Waals surface area contributed by atoms with Crippen LogP contribution in [0.4, 0.5) is 0 Å². The van der Waals surface area contributed by atoms with Gasteiger partial charge in [0.1, 0.15) is 17.8 Å². The van der Waals surface area contributed by atoms with E-state index in [1.54, 1.807) is 24.3 Å². The van der Waals surface area contributed by atoms with Crippen molar-refractivity contribution in [3.05, 3.63) is 77.4 Å². The monoisotopic (exact) mass is 588 g/mol. The standard InChI is InChI=1S/C32H36N4O7/c1-18(2)14-26(31(41)35(3)27(28(33)38)15-19-8-10-22(37)11-9-19)34-25(32(42)43)12-13-36-29(39)23-16-20-6-4-5-7-21(20)17-24(23)30(36)40/h4-11,16-18,25-27,34,37H,12-15H2,1-3H3,(H2,33,38)(H,42,43)/t25-,26+,27+/m1/s1. The number of imide groups is 1. The predicted octanol–water partition coefficient (Wildman–Crippen LogP) is 2.54. The Balaban J connectivity index is 1.49. The number of benzene rings is 3. The molecule has 4 rings (SSSR count). The lowest BCUT2D eigenvalue weighted by Gasteiger charge is -2.32. The highest BCUT2D eigenvalue weighted by Gasteiger charge is 2.38. The summed E-state index contributed by atoms with van der Waals surface area (Å²) in [6.45, 7) is 3.58. The molecule has 4 amide bonds. The molecule has 1 heterocycles. The molecule has 3 atom stereocenters. The first-order valence-electron chi connectivity index (χ1n) is 14.1. The second-order valence-corrected chi connectivity index (χ2v) is 11.3. The van der Waals surface area contributed by atoms with Gasteiger partial charge in [-0.2, -0.15) is 0 Å². The van der Waals surface area contributed by atoms with Gasteiger partial charge in [0.2, 0.25) is 11.8 Å². The van der Waals surface area contributed by atoms with Crippen LogP contribution in [0.15, 0.2) is 60.7 Å². The average Bonchev–Trinajstić information content (AvgIpc) is 3.19. The minimum atomic E-state index is -1.27. The zero-order valence-corrected chi connectivity index (χ0v) is 24.3. The molecule has 226 valence electrons. The summed E-state index contributed by atoms with van der Waals surface area (Å²) in [6, 6.07) is 13.6. The average molecular weight is 589 g/mol. The number of nitrogens with one attached hydrogen (secondary N) is 1. The zero-order valence-electron chi connectivity index (χ0n) is 24.3. The number of amides is 4. The molecule has 1 aliphatic heterocycles. The number of likely N-dealkylation sites (N-methyl/N-ethyl adjacent to an activating group) is 1. The van der Waals surface area contributed by atoms with Crippen molar-refractivity contribution in [1.29, 1.82) is 0 Å². The molecule has 0 saturated heterocycles. The quantitative estimate of drug-likeness (QED) is 0.221. The number of carboxylic acid groups (broad SMARTS) is 1. The highest BCUT2D eigenvalue weighted by molar-refractivity contribution is 6.23. The molecule has 3 aromatic rings. The molecule has 0 radical (unpaired) electrons. The second-order valence-electron chi connectivity index (χ2n) is 11.3. The molecular formula is C32H36N4O7. The van der Waals surface area contributed by atoms with Crippen molar-refractivity contribution in [3.63, 3.8) is 0 Å². The van der Waals surface area contributed by atoms with Crippen molar-refractivity contribution < 1.29 is 34.2 Å². The summed E-state index contributed by atoms with van der Waals surface area (Å²) in [5.74, 6) is -3.46. The number of nitrogens with zero attached hydrogens (tertiary/aromatic N) is 2. The normalized spacial score (nSPS) is 14.9. The van der Waals surface area contributed by atoms with Crippen molar-refractivity contribution in [1.82, 2.24) is 15.1 Å². The van der Waals surface area contributed by atoms with Crippen molar-refractivity contribution in [3.8, 4) is 5.75 Å². The summed E-state index contributed by atoms with van der Waals surface area (Å²) in [5.41, 5.74) is 6.86. The van der Waals surface area contributed by atoms with E-state index in [1.165, 1.54) is 24.1 Å². The molecular weight excluding hydrogens is 552 g/mol. The molecule has 0 fully saturated rings. The number of carbonyl (C=O) groups is 5.